The van der Waals surface area contributed by atoms with Crippen LogP contribution >= 0.6 is 11.8 Å². The monoisotopic (exact) mass is 405 g/mol. The Kier molecular flexibility index (Phi) is 7.58. The molecule has 0 saturated carbocycles. The molecule has 1 N–H and O–H groups in total. The number of hydrazone groups is 1. The molecule has 1 amide bonds. The van der Waals surface area contributed by atoms with E-state index in [2.05, 4.69) is 10.5 Å². The number of thioether (sulfide) groups is 1. The number of nitrogens with one attached hydrogen (secondary N) is 1. The second kappa shape index (κ2) is 9.68. The van der Waals surface area contributed by atoms with Crippen LogP contribution in [-0.4, -0.2) is 44.2 Å². The Morgan fingerprint density at radius 2 is 1.81 bits per heavy atom. The summed E-state index contributed by atoms with van der Waals surface area (Å²) < 4.78 is 26.5. The van der Waals surface area contributed by atoms with Gasteiger partial charge in [-0.3, -0.25) is 4.79 Å². The van der Waals surface area contributed by atoms with Gasteiger partial charge in [-0.15, -0.1) is 11.8 Å². The van der Waals surface area contributed by atoms with E-state index in [1.54, 1.807) is 44.0 Å². The zero-order valence-electron chi connectivity index (χ0n) is 15.5. The maximum Gasteiger partial charge on any atom is 0.271 e. The molecule has 144 valence electrons. The van der Waals surface area contributed by atoms with E-state index in [1.807, 2.05) is 30.5 Å². The summed E-state index contributed by atoms with van der Waals surface area (Å²) in [6.07, 6.45) is 3.54. The number of carbonyl (C=O) groups excluding carboxylic acids is 1. The van der Waals surface area contributed by atoms with E-state index in [0.29, 0.717) is 13.1 Å². The van der Waals surface area contributed by atoms with Gasteiger partial charge in [0.1, 0.15) is 0 Å². The topological polar surface area (TPSA) is 78.8 Å². The lowest BCUT2D eigenvalue weighted by Crippen LogP contribution is -2.30. The molecule has 6 nitrogen and oxygen atoms in total. The van der Waals surface area contributed by atoms with Crippen molar-refractivity contribution in [2.24, 2.45) is 5.10 Å². The standard InChI is InChI=1S/C19H23N3O3S2/c1-4-22(5-2)27(24,25)18-8-6-7-16(13-18)19(23)21-20-14-15-9-11-17(26-3)12-10-15/h6-14H,4-5H2,1-3H3,(H,21,23)/b20-14-. The first-order chi connectivity index (χ1) is 12.9. The molecule has 8 heteroatoms. The normalized spacial score (nSPS) is 11.9. The molecule has 0 aliphatic heterocycles. The Labute approximate surface area is 164 Å². The van der Waals surface area contributed by atoms with Gasteiger partial charge in [-0.1, -0.05) is 32.0 Å². The minimum Gasteiger partial charge on any atom is -0.267 e. The Morgan fingerprint density at radius 1 is 1.15 bits per heavy atom. The minimum atomic E-state index is -3.61. The molecule has 0 unspecified atom stereocenters. The van der Waals surface area contributed by atoms with Crippen LogP contribution in [0.2, 0.25) is 0 Å². The number of benzene rings is 2. The number of carbonyl (C=O) groups is 1. The van der Waals surface area contributed by atoms with Gasteiger partial charge in [-0.25, -0.2) is 13.8 Å². The summed E-state index contributed by atoms with van der Waals surface area (Å²) in [5.74, 6) is -0.469. The lowest BCUT2D eigenvalue weighted by Gasteiger charge is -2.18. The van der Waals surface area contributed by atoms with Crippen molar-refractivity contribution in [3.63, 3.8) is 0 Å². The van der Waals surface area contributed by atoms with Crippen LogP contribution in [0.3, 0.4) is 0 Å². The predicted octanol–water partition coefficient (Wildman–Crippen LogP) is 3.20. The van der Waals surface area contributed by atoms with E-state index in [4.69, 9.17) is 0 Å². The van der Waals surface area contributed by atoms with Crippen LogP contribution in [0, 0.1) is 0 Å². The van der Waals surface area contributed by atoms with Crippen LogP contribution in [0.5, 0.6) is 0 Å². The van der Waals surface area contributed by atoms with E-state index < -0.39 is 15.9 Å². The summed E-state index contributed by atoms with van der Waals surface area (Å²) in [6, 6.07) is 13.7. The van der Waals surface area contributed by atoms with Gasteiger partial charge in [0.25, 0.3) is 5.91 Å². The molecule has 2 aromatic rings. The number of amides is 1. The van der Waals surface area contributed by atoms with Crippen molar-refractivity contribution >= 4 is 33.9 Å². The second-order valence-corrected chi connectivity index (χ2v) is 8.41. The van der Waals surface area contributed by atoms with Gasteiger partial charge >= 0.3 is 0 Å². The first-order valence-electron chi connectivity index (χ1n) is 8.50. The molecule has 0 aliphatic carbocycles. The van der Waals surface area contributed by atoms with Crippen molar-refractivity contribution in [1.82, 2.24) is 9.73 Å². The molecule has 0 bridgehead atoms. The highest BCUT2D eigenvalue weighted by Gasteiger charge is 2.22. The molecular formula is C19H23N3O3S2. The SMILES string of the molecule is CCN(CC)S(=O)(=O)c1cccc(C(=O)N/N=C\c2ccc(SC)cc2)c1. The van der Waals surface area contributed by atoms with Crippen molar-refractivity contribution in [3.8, 4) is 0 Å². The Balaban J connectivity index is 2.11. The highest BCUT2D eigenvalue weighted by Crippen LogP contribution is 2.17. The first-order valence-corrected chi connectivity index (χ1v) is 11.2. The number of nitrogens with zero attached hydrogens (tertiary/aromatic N) is 2. The lowest BCUT2D eigenvalue weighted by molar-refractivity contribution is 0.0955. The molecule has 0 atom stereocenters. The fourth-order valence-corrected chi connectivity index (χ4v) is 4.34. The molecule has 0 spiro atoms. The molecule has 2 rings (SSSR count). The van der Waals surface area contributed by atoms with Crippen LogP contribution < -0.4 is 5.43 Å². The van der Waals surface area contributed by atoms with Gasteiger partial charge in [0.05, 0.1) is 11.1 Å². The van der Waals surface area contributed by atoms with Crippen LogP contribution in [0.4, 0.5) is 0 Å². The third-order valence-corrected chi connectivity index (χ3v) is 6.72. The molecule has 0 aromatic heterocycles. The van der Waals surface area contributed by atoms with Crippen molar-refractivity contribution in [3.05, 3.63) is 59.7 Å². The summed E-state index contributed by atoms with van der Waals surface area (Å²) in [5, 5.41) is 3.94. The fraction of sp³-hybridized carbons (Fsp3) is 0.263. The van der Waals surface area contributed by atoms with E-state index >= 15 is 0 Å². The molecule has 0 saturated heterocycles. The van der Waals surface area contributed by atoms with Gasteiger partial charge in [-0.2, -0.15) is 9.41 Å². The summed E-state index contributed by atoms with van der Waals surface area (Å²) in [7, 11) is -3.61. The van der Waals surface area contributed by atoms with Crippen molar-refractivity contribution in [1.29, 1.82) is 0 Å². The lowest BCUT2D eigenvalue weighted by atomic mass is 10.2. The van der Waals surface area contributed by atoms with Crippen LogP contribution in [0.25, 0.3) is 0 Å². The smallest absolute Gasteiger partial charge is 0.267 e. The summed E-state index contributed by atoms with van der Waals surface area (Å²) >= 11 is 1.65. The second-order valence-electron chi connectivity index (χ2n) is 5.59. The van der Waals surface area contributed by atoms with Gasteiger partial charge in [-0.05, 0) is 42.2 Å². The quantitative estimate of drug-likeness (QED) is 0.416. The van der Waals surface area contributed by atoms with E-state index in [0.717, 1.165) is 10.5 Å². The summed E-state index contributed by atoms with van der Waals surface area (Å²) in [4.78, 5) is 13.5. The van der Waals surface area contributed by atoms with Crippen molar-refractivity contribution in [2.75, 3.05) is 19.3 Å². The van der Waals surface area contributed by atoms with Crippen LogP contribution in [-0.2, 0) is 10.0 Å². The van der Waals surface area contributed by atoms with Gasteiger partial charge in [0, 0.05) is 23.5 Å². The van der Waals surface area contributed by atoms with E-state index in [9.17, 15) is 13.2 Å². The maximum absolute atomic E-state index is 12.6. The van der Waals surface area contributed by atoms with Crippen molar-refractivity contribution in [2.45, 2.75) is 23.6 Å². The van der Waals surface area contributed by atoms with E-state index in [1.165, 1.54) is 16.4 Å². The summed E-state index contributed by atoms with van der Waals surface area (Å²) in [5.41, 5.74) is 3.52. The largest absolute Gasteiger partial charge is 0.271 e. The van der Waals surface area contributed by atoms with Gasteiger partial charge in [0.15, 0.2) is 0 Å². The maximum atomic E-state index is 12.6. The van der Waals surface area contributed by atoms with Gasteiger partial charge < -0.3 is 0 Å². The zero-order chi connectivity index (χ0) is 19.9. The Bertz CT molecular complexity index is 906. The van der Waals surface area contributed by atoms with Crippen LogP contribution in [0.15, 0.2) is 63.4 Å². The molecule has 27 heavy (non-hydrogen) atoms. The van der Waals surface area contributed by atoms with Crippen LogP contribution in [0.1, 0.15) is 29.8 Å². The third-order valence-electron chi connectivity index (χ3n) is 3.93. The molecule has 0 heterocycles. The fourth-order valence-electron chi connectivity index (χ4n) is 2.43. The first kappa shape index (κ1) is 21.1. The highest BCUT2D eigenvalue weighted by atomic mass is 32.2. The average Bonchev–Trinajstić information content (AvgIpc) is 2.69. The number of hydrogen-bond acceptors (Lipinski definition) is 5. The third kappa shape index (κ3) is 5.41. The molecular weight excluding hydrogens is 382 g/mol. The number of rotatable bonds is 8. The molecule has 2 aromatic carbocycles. The Hall–Kier alpha value is -2.16. The van der Waals surface area contributed by atoms with Crippen molar-refractivity contribution < 1.29 is 13.2 Å². The number of sulfonamides is 1. The summed E-state index contributed by atoms with van der Waals surface area (Å²) in [6.45, 7) is 4.29. The molecule has 0 radical (unpaired) electrons. The van der Waals surface area contributed by atoms with Gasteiger partial charge in [0.2, 0.25) is 10.0 Å². The zero-order valence-corrected chi connectivity index (χ0v) is 17.2. The minimum absolute atomic E-state index is 0.0930. The predicted molar refractivity (Wildman–Crippen MR) is 110 cm³/mol. The molecule has 0 fully saturated rings. The highest BCUT2D eigenvalue weighted by molar-refractivity contribution is 7.98. The molecule has 0 aliphatic rings. The van der Waals surface area contributed by atoms with E-state index in [-0.39, 0.29) is 10.5 Å². The Morgan fingerprint density at radius 3 is 2.41 bits per heavy atom. The average molecular weight is 406 g/mol. The number of hydrogen-bond donors (Lipinski definition) is 1.